The Bertz CT molecular complexity index is 819. The molecule has 1 N–H and O–H groups in total. The second-order valence-electron chi connectivity index (χ2n) is 6.86. The van der Waals surface area contributed by atoms with Crippen LogP contribution in [-0.4, -0.2) is 63.7 Å². The molecule has 2 heterocycles. The Morgan fingerprint density at radius 2 is 1.72 bits per heavy atom. The van der Waals surface area contributed by atoms with Gasteiger partial charge in [-0.1, -0.05) is 0 Å². The van der Waals surface area contributed by atoms with Crippen molar-refractivity contribution in [1.29, 1.82) is 0 Å². The molecule has 1 atom stereocenters. The van der Waals surface area contributed by atoms with E-state index in [-0.39, 0.29) is 30.5 Å². The van der Waals surface area contributed by atoms with Crippen LogP contribution in [0.3, 0.4) is 0 Å². The zero-order valence-corrected chi connectivity index (χ0v) is 16.4. The van der Waals surface area contributed by atoms with E-state index in [1.54, 1.807) is 17.0 Å². The fourth-order valence-electron chi connectivity index (χ4n) is 3.60. The lowest BCUT2D eigenvalue weighted by Gasteiger charge is -2.34. The van der Waals surface area contributed by atoms with Gasteiger partial charge in [-0.3, -0.25) is 4.79 Å². The lowest BCUT2D eigenvalue weighted by Crippen LogP contribution is -2.39. The Morgan fingerprint density at radius 1 is 1.07 bits per heavy atom. The second-order valence-corrected chi connectivity index (χ2v) is 6.86. The van der Waals surface area contributed by atoms with Crippen molar-refractivity contribution in [3.8, 4) is 0 Å². The summed E-state index contributed by atoms with van der Waals surface area (Å²) in [5.41, 5.74) is 1.72. The number of carbonyl (C=O) groups excluding carboxylic acids is 2. The van der Waals surface area contributed by atoms with Crippen LogP contribution in [0.5, 0.6) is 0 Å². The first-order valence-corrected chi connectivity index (χ1v) is 9.29. The zero-order valence-electron chi connectivity index (χ0n) is 16.4. The van der Waals surface area contributed by atoms with Crippen molar-refractivity contribution in [3.05, 3.63) is 35.5 Å². The van der Waals surface area contributed by atoms with Crippen LogP contribution in [0.25, 0.3) is 0 Å². The first-order chi connectivity index (χ1) is 14.0. The van der Waals surface area contributed by atoms with E-state index in [1.807, 2.05) is 17.0 Å². The van der Waals surface area contributed by atoms with Crippen molar-refractivity contribution in [2.45, 2.75) is 12.8 Å². The Labute approximate surface area is 168 Å². The summed E-state index contributed by atoms with van der Waals surface area (Å²) < 4.78 is 15.1. The van der Waals surface area contributed by atoms with Gasteiger partial charge in [0.1, 0.15) is 12.4 Å². The molecule has 9 nitrogen and oxygen atoms in total. The van der Waals surface area contributed by atoms with Gasteiger partial charge in [0.05, 0.1) is 32.3 Å². The predicted octanol–water partition coefficient (Wildman–Crippen LogP) is 1.38. The summed E-state index contributed by atoms with van der Waals surface area (Å²) in [5.74, 6) is -2.46. The average Bonchev–Trinajstić information content (AvgIpc) is 2.77. The smallest absolute Gasteiger partial charge is 0.355 e. The number of carboxylic acids is 1. The molecule has 2 aliphatic rings. The maximum absolute atomic E-state index is 12.3. The highest BCUT2D eigenvalue weighted by Gasteiger charge is 2.32. The highest BCUT2D eigenvalue weighted by Crippen LogP contribution is 2.30. The number of esters is 2. The molecule has 0 radical (unpaired) electrons. The lowest BCUT2D eigenvalue weighted by atomic mass is 9.98. The highest BCUT2D eigenvalue weighted by molar-refractivity contribution is 6.03. The fraction of sp³-hybridized carbons (Fsp3) is 0.450. The molecular weight excluding hydrogens is 380 g/mol. The van der Waals surface area contributed by atoms with Gasteiger partial charge >= 0.3 is 17.9 Å². The van der Waals surface area contributed by atoms with Crippen LogP contribution in [0.2, 0.25) is 0 Å². The van der Waals surface area contributed by atoms with Gasteiger partial charge in [0.2, 0.25) is 0 Å². The number of methoxy groups -OCH3 is 2. The number of aliphatic carboxylic acids is 1. The third kappa shape index (κ3) is 4.34. The minimum Gasteiger partial charge on any atom is -0.481 e. The minimum atomic E-state index is -0.778. The number of ether oxygens (including phenoxy) is 3. The Morgan fingerprint density at radius 3 is 2.34 bits per heavy atom. The lowest BCUT2D eigenvalue weighted by molar-refractivity contribution is -0.142. The van der Waals surface area contributed by atoms with Crippen molar-refractivity contribution >= 4 is 29.3 Å². The van der Waals surface area contributed by atoms with Crippen molar-refractivity contribution in [2.24, 2.45) is 5.92 Å². The van der Waals surface area contributed by atoms with E-state index >= 15 is 0 Å². The van der Waals surface area contributed by atoms with Gasteiger partial charge in [-0.25, -0.2) is 9.59 Å². The molecule has 1 aromatic rings. The molecule has 1 unspecified atom stereocenters. The monoisotopic (exact) mass is 404 g/mol. The standard InChI is InChI=1S/C20H24N2O7/c1-27-19(25)16-11-29-12-22(17(16)20(26)28-2)15-7-5-14(6-8-15)21-9-3-4-13(10-21)18(23)24/h5-8,13H,3-4,9-12H2,1-2H3,(H,23,24). The van der Waals surface area contributed by atoms with E-state index in [4.69, 9.17) is 14.2 Å². The molecule has 3 rings (SSSR count). The number of piperidine rings is 1. The third-order valence-corrected chi connectivity index (χ3v) is 5.13. The molecule has 0 amide bonds. The molecule has 1 saturated heterocycles. The van der Waals surface area contributed by atoms with Crippen LogP contribution < -0.4 is 9.80 Å². The molecular formula is C20H24N2O7. The summed E-state index contributed by atoms with van der Waals surface area (Å²) in [7, 11) is 2.48. The molecule has 0 spiro atoms. The van der Waals surface area contributed by atoms with Crippen LogP contribution in [0.15, 0.2) is 35.5 Å². The average molecular weight is 404 g/mol. The zero-order chi connectivity index (χ0) is 21.0. The number of nitrogens with zero attached hydrogens (tertiary/aromatic N) is 2. The van der Waals surface area contributed by atoms with Crippen LogP contribution >= 0.6 is 0 Å². The Kier molecular flexibility index (Phi) is 6.38. The molecule has 156 valence electrons. The van der Waals surface area contributed by atoms with Crippen LogP contribution in [-0.2, 0) is 28.6 Å². The normalized spacial score (nSPS) is 19.7. The number of hydrogen-bond acceptors (Lipinski definition) is 8. The summed E-state index contributed by atoms with van der Waals surface area (Å²) in [6.45, 7) is 1.28. The SMILES string of the molecule is COC(=O)C1=C(C(=O)OC)N(c2ccc(N3CCCC(C(=O)O)C3)cc2)COC1. The molecule has 0 bridgehead atoms. The van der Waals surface area contributed by atoms with Gasteiger partial charge in [0, 0.05) is 24.5 Å². The molecule has 0 aromatic heterocycles. The third-order valence-electron chi connectivity index (χ3n) is 5.13. The second kappa shape index (κ2) is 8.95. The molecule has 0 aliphatic carbocycles. The maximum atomic E-state index is 12.3. The number of carboxylic acid groups (broad SMARTS) is 1. The van der Waals surface area contributed by atoms with Gasteiger partial charge < -0.3 is 29.1 Å². The Hall–Kier alpha value is -3.07. The number of anilines is 2. The van der Waals surface area contributed by atoms with Gasteiger partial charge in [-0.2, -0.15) is 0 Å². The van der Waals surface area contributed by atoms with Crippen LogP contribution in [0, 0.1) is 5.92 Å². The van der Waals surface area contributed by atoms with Crippen LogP contribution in [0.4, 0.5) is 11.4 Å². The molecule has 0 saturated carbocycles. The fourth-order valence-corrected chi connectivity index (χ4v) is 3.60. The number of rotatable bonds is 5. The quantitative estimate of drug-likeness (QED) is 0.729. The molecule has 1 aromatic carbocycles. The van der Waals surface area contributed by atoms with Gasteiger partial charge in [0.25, 0.3) is 0 Å². The number of carbonyl (C=O) groups is 3. The van der Waals surface area contributed by atoms with Crippen molar-refractivity contribution in [1.82, 2.24) is 0 Å². The predicted molar refractivity (Wildman–Crippen MR) is 103 cm³/mol. The molecule has 9 heteroatoms. The molecule has 2 aliphatic heterocycles. The Balaban J connectivity index is 1.87. The van der Waals surface area contributed by atoms with Gasteiger partial charge in [-0.05, 0) is 37.1 Å². The first kappa shape index (κ1) is 20.7. The van der Waals surface area contributed by atoms with Crippen molar-refractivity contribution in [2.75, 3.05) is 50.4 Å². The van der Waals surface area contributed by atoms with E-state index in [1.165, 1.54) is 14.2 Å². The summed E-state index contributed by atoms with van der Waals surface area (Å²) in [6, 6.07) is 7.32. The van der Waals surface area contributed by atoms with E-state index in [0.29, 0.717) is 18.7 Å². The minimum absolute atomic E-state index is 0.0456. The summed E-state index contributed by atoms with van der Waals surface area (Å²) in [6.07, 6.45) is 1.50. The summed E-state index contributed by atoms with van der Waals surface area (Å²) >= 11 is 0. The van der Waals surface area contributed by atoms with E-state index < -0.39 is 17.9 Å². The topological polar surface area (TPSA) is 106 Å². The first-order valence-electron chi connectivity index (χ1n) is 9.29. The molecule has 1 fully saturated rings. The van der Waals surface area contributed by atoms with Crippen molar-refractivity contribution in [3.63, 3.8) is 0 Å². The van der Waals surface area contributed by atoms with Gasteiger partial charge in [-0.15, -0.1) is 0 Å². The summed E-state index contributed by atoms with van der Waals surface area (Å²) in [5, 5.41) is 9.28. The van der Waals surface area contributed by atoms with E-state index in [0.717, 1.165) is 18.7 Å². The van der Waals surface area contributed by atoms with Crippen molar-refractivity contribution < 1.29 is 33.7 Å². The highest BCUT2D eigenvalue weighted by atomic mass is 16.5. The van der Waals surface area contributed by atoms with Crippen LogP contribution in [0.1, 0.15) is 12.8 Å². The van der Waals surface area contributed by atoms with E-state index in [9.17, 15) is 19.5 Å². The van der Waals surface area contributed by atoms with Gasteiger partial charge in [0.15, 0.2) is 0 Å². The summed E-state index contributed by atoms with van der Waals surface area (Å²) in [4.78, 5) is 39.3. The molecule has 29 heavy (non-hydrogen) atoms. The number of hydrogen-bond donors (Lipinski definition) is 1. The van der Waals surface area contributed by atoms with E-state index in [2.05, 4.69) is 0 Å². The largest absolute Gasteiger partial charge is 0.481 e. The maximum Gasteiger partial charge on any atom is 0.355 e. The number of benzene rings is 1.